The molecule has 11 heteroatoms. The number of allylic oxidation sites excluding steroid dienone is 4. The molecule has 3 N–H and O–H groups in total. The first-order valence-electron chi connectivity index (χ1n) is 13.3. The number of Topliss-reactive ketones (excluding diaryl/α,β-unsaturated/α-hetero) is 1. The van der Waals surface area contributed by atoms with E-state index in [0.29, 0.717) is 24.8 Å². The molecule has 1 aromatic carbocycles. The Labute approximate surface area is 231 Å². The third-order valence-electron chi connectivity index (χ3n) is 10.3. The van der Waals surface area contributed by atoms with Crippen LogP contribution in [-0.4, -0.2) is 64.7 Å². The number of fused-ring (bicyclic) bond motifs is 5. The van der Waals surface area contributed by atoms with Gasteiger partial charge in [0.1, 0.15) is 5.60 Å². The van der Waals surface area contributed by atoms with E-state index in [2.05, 4.69) is 0 Å². The average Bonchev–Trinajstić information content (AvgIpc) is 3.09. The number of benzene rings is 1. The Kier molecular flexibility index (Phi) is 6.58. The van der Waals surface area contributed by atoms with Gasteiger partial charge in [0, 0.05) is 16.7 Å². The summed E-state index contributed by atoms with van der Waals surface area (Å²) in [6.07, 6.45) is 3.64. The highest BCUT2D eigenvalue weighted by molar-refractivity contribution is 7.85. The first-order chi connectivity index (χ1) is 18.5. The topological polar surface area (TPSA) is 155 Å². The summed E-state index contributed by atoms with van der Waals surface area (Å²) < 4.78 is 54.4. The fourth-order valence-electron chi connectivity index (χ4n) is 8.25. The predicted octanol–water partition coefficient (Wildman–Crippen LogP) is 3.01. The molecule has 1 aromatic rings. The van der Waals surface area contributed by atoms with Gasteiger partial charge in [0.2, 0.25) is 5.78 Å². The van der Waals surface area contributed by atoms with Crippen molar-refractivity contribution in [2.75, 3.05) is 6.61 Å². The van der Waals surface area contributed by atoms with Gasteiger partial charge >= 0.3 is 5.97 Å². The molecule has 9 nitrogen and oxygen atoms in total. The zero-order valence-corrected chi connectivity index (χ0v) is 23.3. The SMILES string of the molecule is C[C@H]1C[C@@H]2[C@H]3CCC4=CC(=O)C=C[C@]4(C)[C@@]3(F)[C@@H](O)C[C@]2(C)[C@@]1(O)C(=O)COC(=O)c1cccc(S(=O)(=O)O)c1. The number of aliphatic hydroxyl groups excluding tert-OH is 1. The standard InChI is InChI=1S/C29H33FO9S/c1-16-11-22-21-8-7-18-13-19(31)9-10-26(18,2)28(21,30)23(32)14-27(22,3)29(16,35)24(33)15-39-25(34)17-5-4-6-20(12-17)40(36,37)38/h4-6,9-10,12-13,16,21-23,32,35H,7-8,11,14-15H2,1-3H3,(H,36,37,38)/t16-,21+,22+,23-,26-,27-,28-,29-/m0/s1. The highest BCUT2D eigenvalue weighted by atomic mass is 32.2. The van der Waals surface area contributed by atoms with Gasteiger partial charge < -0.3 is 14.9 Å². The Balaban J connectivity index is 1.41. The molecule has 0 aliphatic heterocycles. The second-order valence-electron chi connectivity index (χ2n) is 12.2. The van der Waals surface area contributed by atoms with Crippen molar-refractivity contribution in [3.63, 3.8) is 0 Å². The van der Waals surface area contributed by atoms with E-state index in [1.165, 1.54) is 30.4 Å². The molecule has 3 saturated carbocycles. The Morgan fingerprint density at radius 2 is 1.90 bits per heavy atom. The second kappa shape index (κ2) is 9.14. The number of ether oxygens (including phenoxy) is 1. The van der Waals surface area contributed by atoms with Gasteiger partial charge in [-0.15, -0.1) is 0 Å². The molecule has 40 heavy (non-hydrogen) atoms. The van der Waals surface area contributed by atoms with Crippen LogP contribution in [0.15, 0.2) is 53.0 Å². The second-order valence-corrected chi connectivity index (χ2v) is 13.6. The maximum absolute atomic E-state index is 17.3. The first-order valence-corrected chi connectivity index (χ1v) is 14.8. The van der Waals surface area contributed by atoms with E-state index < -0.39 is 79.3 Å². The zero-order chi connectivity index (χ0) is 29.5. The van der Waals surface area contributed by atoms with Crippen LogP contribution in [0.25, 0.3) is 0 Å². The summed E-state index contributed by atoms with van der Waals surface area (Å²) in [4.78, 5) is 37.7. The molecule has 0 unspecified atom stereocenters. The van der Waals surface area contributed by atoms with E-state index in [0.717, 1.165) is 12.1 Å². The van der Waals surface area contributed by atoms with Crippen LogP contribution in [-0.2, 0) is 24.4 Å². The number of hydrogen-bond donors (Lipinski definition) is 3. The molecule has 0 spiro atoms. The molecule has 0 aromatic heterocycles. The zero-order valence-electron chi connectivity index (χ0n) is 22.5. The fourth-order valence-corrected chi connectivity index (χ4v) is 8.77. The summed E-state index contributed by atoms with van der Waals surface area (Å²) in [5.74, 6) is -3.86. The van der Waals surface area contributed by atoms with Crippen LogP contribution in [0.5, 0.6) is 0 Å². The molecule has 4 aliphatic rings. The van der Waals surface area contributed by atoms with Crippen molar-refractivity contribution in [3.05, 3.63) is 53.6 Å². The highest BCUT2D eigenvalue weighted by Gasteiger charge is 2.75. The highest BCUT2D eigenvalue weighted by Crippen LogP contribution is 2.70. The molecule has 0 bridgehead atoms. The normalized spacial score (nSPS) is 40.5. The van der Waals surface area contributed by atoms with Gasteiger partial charge in [-0.1, -0.05) is 31.6 Å². The van der Waals surface area contributed by atoms with Gasteiger partial charge in [0.25, 0.3) is 10.1 Å². The smallest absolute Gasteiger partial charge is 0.338 e. The van der Waals surface area contributed by atoms with E-state index in [4.69, 9.17) is 4.74 Å². The van der Waals surface area contributed by atoms with Crippen molar-refractivity contribution in [2.24, 2.45) is 28.6 Å². The first kappa shape index (κ1) is 28.8. The monoisotopic (exact) mass is 576 g/mol. The fraction of sp³-hybridized carbons (Fsp3) is 0.552. The third-order valence-corrected chi connectivity index (χ3v) is 11.2. The number of hydrogen-bond acceptors (Lipinski definition) is 8. The minimum Gasteiger partial charge on any atom is -0.454 e. The van der Waals surface area contributed by atoms with Gasteiger partial charge in [0.15, 0.2) is 18.1 Å². The lowest BCUT2D eigenvalue weighted by Gasteiger charge is -2.62. The van der Waals surface area contributed by atoms with Crippen LogP contribution in [0.4, 0.5) is 4.39 Å². The summed E-state index contributed by atoms with van der Waals surface area (Å²) in [6.45, 7) is 4.22. The van der Waals surface area contributed by atoms with Crippen LogP contribution in [0.3, 0.4) is 0 Å². The average molecular weight is 577 g/mol. The molecule has 216 valence electrons. The van der Waals surface area contributed by atoms with Crippen molar-refractivity contribution >= 4 is 27.7 Å². The number of alkyl halides is 1. The minimum absolute atomic E-state index is 0.216. The van der Waals surface area contributed by atoms with E-state index in [1.54, 1.807) is 20.8 Å². The largest absolute Gasteiger partial charge is 0.454 e. The van der Waals surface area contributed by atoms with Crippen LogP contribution in [0, 0.1) is 28.6 Å². The van der Waals surface area contributed by atoms with Gasteiger partial charge in [-0.3, -0.25) is 14.1 Å². The van der Waals surface area contributed by atoms with Gasteiger partial charge in [-0.25, -0.2) is 9.18 Å². The summed E-state index contributed by atoms with van der Waals surface area (Å²) in [7, 11) is -4.57. The number of ketones is 2. The number of carbonyl (C=O) groups is 3. The molecule has 0 amide bonds. The van der Waals surface area contributed by atoms with E-state index in [1.807, 2.05) is 0 Å². The Bertz CT molecular complexity index is 1470. The quantitative estimate of drug-likeness (QED) is 0.354. The minimum atomic E-state index is -4.57. The summed E-state index contributed by atoms with van der Waals surface area (Å²) in [5.41, 5.74) is -6.17. The lowest BCUT2D eigenvalue weighted by molar-refractivity contribution is -0.219. The summed E-state index contributed by atoms with van der Waals surface area (Å²) in [5, 5.41) is 23.4. The van der Waals surface area contributed by atoms with Crippen LogP contribution >= 0.6 is 0 Å². The van der Waals surface area contributed by atoms with Crippen molar-refractivity contribution in [1.29, 1.82) is 0 Å². The van der Waals surface area contributed by atoms with Crippen molar-refractivity contribution < 1.29 is 46.7 Å². The molecular weight excluding hydrogens is 543 g/mol. The van der Waals surface area contributed by atoms with Crippen molar-refractivity contribution in [1.82, 2.24) is 0 Å². The number of halogens is 1. The number of rotatable bonds is 5. The van der Waals surface area contributed by atoms with Crippen LogP contribution in [0.1, 0.15) is 56.8 Å². The number of aliphatic hydroxyl groups is 2. The summed E-state index contributed by atoms with van der Waals surface area (Å²) in [6, 6.07) is 4.48. The predicted molar refractivity (Wildman–Crippen MR) is 139 cm³/mol. The maximum atomic E-state index is 17.3. The lowest BCUT2D eigenvalue weighted by Crippen LogP contribution is -2.69. The lowest BCUT2D eigenvalue weighted by atomic mass is 9.44. The molecule has 5 rings (SSSR count). The van der Waals surface area contributed by atoms with Gasteiger partial charge in [-0.05, 0) is 74.8 Å². The third kappa shape index (κ3) is 3.81. The van der Waals surface area contributed by atoms with Crippen molar-refractivity contribution in [2.45, 2.75) is 68.7 Å². The molecule has 3 fully saturated rings. The Morgan fingerprint density at radius 3 is 2.58 bits per heavy atom. The molecule has 0 saturated heterocycles. The number of esters is 1. The Hall–Kier alpha value is -2.73. The maximum Gasteiger partial charge on any atom is 0.338 e. The van der Waals surface area contributed by atoms with Gasteiger partial charge in [-0.2, -0.15) is 8.42 Å². The molecule has 0 heterocycles. The summed E-state index contributed by atoms with van der Waals surface area (Å²) >= 11 is 0. The van der Waals surface area contributed by atoms with E-state index in [-0.39, 0.29) is 17.8 Å². The molecular formula is C29H33FO9S. The molecule has 0 radical (unpaired) electrons. The van der Waals surface area contributed by atoms with Crippen LogP contribution in [0.2, 0.25) is 0 Å². The molecule has 8 atom stereocenters. The van der Waals surface area contributed by atoms with Crippen LogP contribution < -0.4 is 0 Å². The Morgan fingerprint density at radius 1 is 1.20 bits per heavy atom. The van der Waals surface area contributed by atoms with E-state index >= 15 is 4.39 Å². The van der Waals surface area contributed by atoms with E-state index in [9.17, 15) is 37.6 Å². The van der Waals surface area contributed by atoms with Gasteiger partial charge in [0.05, 0.1) is 16.6 Å². The van der Waals surface area contributed by atoms with Crippen molar-refractivity contribution in [3.8, 4) is 0 Å². The number of carbonyl (C=O) groups excluding carboxylic acids is 3. The molecule has 4 aliphatic carbocycles.